The molecule has 2 rings (SSSR count). The Kier molecular flexibility index (Phi) is 5.25. The standard InChI is InChI=1S/C15H15BrClNO/c1-19-10-12-4-2-3-11(7-12)9-18-15-6-5-13(17)8-14(15)16/h2-8,18H,9-10H2,1H3. The highest BCUT2D eigenvalue weighted by molar-refractivity contribution is 9.10. The number of methoxy groups -OCH3 is 1. The maximum absolute atomic E-state index is 5.92. The first-order valence-electron chi connectivity index (χ1n) is 5.94. The molecule has 0 aliphatic carbocycles. The maximum Gasteiger partial charge on any atom is 0.0713 e. The van der Waals surface area contributed by atoms with Crippen molar-refractivity contribution < 1.29 is 4.74 Å². The summed E-state index contributed by atoms with van der Waals surface area (Å²) < 4.78 is 6.10. The molecule has 0 saturated carbocycles. The topological polar surface area (TPSA) is 21.3 Å². The number of hydrogen-bond donors (Lipinski definition) is 1. The highest BCUT2D eigenvalue weighted by Gasteiger charge is 2.01. The van der Waals surface area contributed by atoms with Crippen LogP contribution in [0.5, 0.6) is 0 Å². The van der Waals surface area contributed by atoms with Crippen LogP contribution in [-0.2, 0) is 17.9 Å². The predicted octanol–water partition coefficient (Wildman–Crippen LogP) is 4.86. The molecule has 0 saturated heterocycles. The van der Waals surface area contributed by atoms with E-state index in [0.717, 1.165) is 21.7 Å². The smallest absolute Gasteiger partial charge is 0.0713 e. The quantitative estimate of drug-likeness (QED) is 0.839. The van der Waals surface area contributed by atoms with Crippen LogP contribution in [0.4, 0.5) is 5.69 Å². The SMILES string of the molecule is COCc1cccc(CNc2ccc(Cl)cc2Br)c1. The third kappa shape index (κ3) is 4.23. The van der Waals surface area contributed by atoms with Crippen molar-refractivity contribution in [2.24, 2.45) is 0 Å². The number of rotatable bonds is 5. The molecule has 100 valence electrons. The summed E-state index contributed by atoms with van der Waals surface area (Å²) in [4.78, 5) is 0. The third-order valence-electron chi connectivity index (χ3n) is 2.72. The minimum Gasteiger partial charge on any atom is -0.380 e. The lowest BCUT2D eigenvalue weighted by Gasteiger charge is -2.10. The maximum atomic E-state index is 5.92. The van der Waals surface area contributed by atoms with Gasteiger partial charge >= 0.3 is 0 Å². The minimum atomic E-state index is 0.637. The molecule has 0 amide bonds. The number of halogens is 2. The normalized spacial score (nSPS) is 10.5. The summed E-state index contributed by atoms with van der Waals surface area (Å²) in [6, 6.07) is 14.1. The van der Waals surface area contributed by atoms with E-state index >= 15 is 0 Å². The van der Waals surface area contributed by atoms with E-state index < -0.39 is 0 Å². The second kappa shape index (κ2) is 6.94. The molecule has 4 heteroatoms. The number of nitrogens with one attached hydrogen (secondary N) is 1. The van der Waals surface area contributed by atoms with Crippen molar-refractivity contribution >= 4 is 33.2 Å². The Morgan fingerprint density at radius 1 is 1.16 bits per heavy atom. The van der Waals surface area contributed by atoms with Crippen LogP contribution in [0.2, 0.25) is 5.02 Å². The molecule has 0 bridgehead atoms. The van der Waals surface area contributed by atoms with Crippen molar-refractivity contribution in [2.45, 2.75) is 13.2 Å². The van der Waals surface area contributed by atoms with Crippen LogP contribution in [-0.4, -0.2) is 7.11 Å². The average molecular weight is 341 g/mol. The van der Waals surface area contributed by atoms with E-state index in [1.165, 1.54) is 11.1 Å². The van der Waals surface area contributed by atoms with Crippen LogP contribution in [0.15, 0.2) is 46.9 Å². The molecule has 0 radical (unpaired) electrons. The zero-order valence-electron chi connectivity index (χ0n) is 10.6. The molecular weight excluding hydrogens is 326 g/mol. The van der Waals surface area contributed by atoms with Gasteiger partial charge in [-0.05, 0) is 45.3 Å². The Bertz CT molecular complexity index is 560. The Labute approximate surface area is 126 Å². The molecule has 0 aliphatic heterocycles. The molecule has 19 heavy (non-hydrogen) atoms. The molecule has 2 nitrogen and oxygen atoms in total. The van der Waals surface area contributed by atoms with E-state index in [1.807, 2.05) is 24.3 Å². The summed E-state index contributed by atoms with van der Waals surface area (Å²) in [6.45, 7) is 1.40. The lowest BCUT2D eigenvalue weighted by Crippen LogP contribution is -2.01. The fraction of sp³-hybridized carbons (Fsp3) is 0.200. The molecule has 2 aromatic rings. The highest BCUT2D eigenvalue weighted by atomic mass is 79.9. The molecule has 0 unspecified atom stereocenters. The Balaban J connectivity index is 2.03. The van der Waals surface area contributed by atoms with Gasteiger partial charge in [-0.25, -0.2) is 0 Å². The molecule has 0 aliphatic rings. The fourth-order valence-corrected chi connectivity index (χ4v) is 2.65. The number of hydrogen-bond acceptors (Lipinski definition) is 2. The van der Waals surface area contributed by atoms with E-state index in [0.29, 0.717) is 6.61 Å². The van der Waals surface area contributed by atoms with Gasteiger partial charge in [-0.1, -0.05) is 35.9 Å². The Hall–Kier alpha value is -1.03. The van der Waals surface area contributed by atoms with Gasteiger partial charge in [0.1, 0.15) is 0 Å². The van der Waals surface area contributed by atoms with Gasteiger partial charge in [0.2, 0.25) is 0 Å². The Morgan fingerprint density at radius 3 is 2.68 bits per heavy atom. The van der Waals surface area contributed by atoms with Crippen molar-refractivity contribution in [3.05, 3.63) is 63.1 Å². The van der Waals surface area contributed by atoms with E-state index in [4.69, 9.17) is 16.3 Å². The monoisotopic (exact) mass is 339 g/mol. The predicted molar refractivity (Wildman–Crippen MR) is 83.6 cm³/mol. The van der Waals surface area contributed by atoms with Crippen LogP contribution >= 0.6 is 27.5 Å². The van der Waals surface area contributed by atoms with Crippen LogP contribution in [0.1, 0.15) is 11.1 Å². The number of anilines is 1. The van der Waals surface area contributed by atoms with Gasteiger partial charge in [-0.3, -0.25) is 0 Å². The van der Waals surface area contributed by atoms with Gasteiger partial charge in [0.05, 0.1) is 6.61 Å². The zero-order valence-corrected chi connectivity index (χ0v) is 13.0. The summed E-state index contributed by atoms with van der Waals surface area (Å²) in [5.41, 5.74) is 3.43. The van der Waals surface area contributed by atoms with E-state index in [-0.39, 0.29) is 0 Å². The molecule has 0 aromatic heterocycles. The minimum absolute atomic E-state index is 0.637. The van der Waals surface area contributed by atoms with Gasteiger partial charge in [-0.2, -0.15) is 0 Å². The second-order valence-electron chi connectivity index (χ2n) is 4.23. The first kappa shape index (κ1) is 14.4. The van der Waals surface area contributed by atoms with Gasteiger partial charge in [-0.15, -0.1) is 0 Å². The van der Waals surface area contributed by atoms with Gasteiger partial charge in [0.25, 0.3) is 0 Å². The summed E-state index contributed by atoms with van der Waals surface area (Å²) in [5, 5.41) is 4.10. The first-order chi connectivity index (χ1) is 9.19. The van der Waals surface area contributed by atoms with Crippen molar-refractivity contribution in [2.75, 3.05) is 12.4 Å². The first-order valence-corrected chi connectivity index (χ1v) is 7.12. The van der Waals surface area contributed by atoms with Crippen molar-refractivity contribution in [3.63, 3.8) is 0 Å². The second-order valence-corrected chi connectivity index (χ2v) is 5.52. The molecule has 0 fully saturated rings. The number of benzene rings is 2. The highest BCUT2D eigenvalue weighted by Crippen LogP contribution is 2.26. The lowest BCUT2D eigenvalue weighted by atomic mass is 10.1. The Morgan fingerprint density at radius 2 is 1.95 bits per heavy atom. The molecule has 0 spiro atoms. The van der Waals surface area contributed by atoms with E-state index in [1.54, 1.807) is 7.11 Å². The van der Waals surface area contributed by atoms with Crippen molar-refractivity contribution in [3.8, 4) is 0 Å². The fourth-order valence-electron chi connectivity index (χ4n) is 1.83. The molecule has 0 atom stereocenters. The van der Waals surface area contributed by atoms with E-state index in [2.05, 4.69) is 39.4 Å². The van der Waals surface area contributed by atoms with Gasteiger partial charge in [0.15, 0.2) is 0 Å². The largest absolute Gasteiger partial charge is 0.380 e. The summed E-state index contributed by atoms with van der Waals surface area (Å²) in [6.07, 6.45) is 0. The van der Waals surface area contributed by atoms with Crippen LogP contribution in [0, 0.1) is 0 Å². The van der Waals surface area contributed by atoms with Crippen LogP contribution in [0.25, 0.3) is 0 Å². The zero-order chi connectivity index (χ0) is 13.7. The average Bonchev–Trinajstić information content (AvgIpc) is 2.38. The molecular formula is C15H15BrClNO. The van der Waals surface area contributed by atoms with Crippen molar-refractivity contribution in [1.29, 1.82) is 0 Å². The number of ether oxygens (including phenoxy) is 1. The van der Waals surface area contributed by atoms with E-state index in [9.17, 15) is 0 Å². The summed E-state index contributed by atoms with van der Waals surface area (Å²) in [5.74, 6) is 0. The van der Waals surface area contributed by atoms with Crippen molar-refractivity contribution in [1.82, 2.24) is 0 Å². The van der Waals surface area contributed by atoms with Crippen LogP contribution in [0.3, 0.4) is 0 Å². The molecule has 1 N–H and O–H groups in total. The lowest BCUT2D eigenvalue weighted by molar-refractivity contribution is 0.185. The summed E-state index contributed by atoms with van der Waals surface area (Å²) in [7, 11) is 1.70. The molecule has 0 heterocycles. The van der Waals surface area contributed by atoms with Gasteiger partial charge in [0, 0.05) is 28.8 Å². The summed E-state index contributed by atoms with van der Waals surface area (Å²) >= 11 is 9.41. The van der Waals surface area contributed by atoms with Gasteiger partial charge < -0.3 is 10.1 Å². The molecule has 2 aromatic carbocycles. The van der Waals surface area contributed by atoms with Crippen LogP contribution < -0.4 is 5.32 Å². The third-order valence-corrected chi connectivity index (χ3v) is 3.61.